The van der Waals surface area contributed by atoms with Crippen LogP contribution in [-0.4, -0.2) is 10.9 Å². The van der Waals surface area contributed by atoms with Crippen molar-refractivity contribution in [3.8, 4) is 6.07 Å². The number of H-pyrrole nitrogens is 1. The Morgan fingerprint density at radius 3 is 2.58 bits per heavy atom. The minimum Gasteiger partial charge on any atom is -0.350 e. The number of benzene rings is 1. The van der Waals surface area contributed by atoms with Crippen LogP contribution in [0.1, 0.15) is 47.3 Å². The number of pyridine rings is 1. The fourth-order valence-corrected chi connectivity index (χ4v) is 2.80. The summed E-state index contributed by atoms with van der Waals surface area (Å²) in [7, 11) is 0. The number of aryl methyl sites for hydroxylation is 1. The summed E-state index contributed by atoms with van der Waals surface area (Å²) in [6.07, 6.45) is 0.784. The molecule has 1 amide bonds. The Labute approximate surface area is 141 Å². The molecule has 1 heterocycles. The van der Waals surface area contributed by atoms with Crippen molar-refractivity contribution in [3.63, 3.8) is 0 Å². The second-order valence-electron chi connectivity index (χ2n) is 5.87. The molecule has 0 fully saturated rings. The van der Waals surface area contributed by atoms with E-state index in [1.807, 2.05) is 43.3 Å². The lowest BCUT2D eigenvalue weighted by atomic mass is 9.99. The number of hydrogen-bond acceptors (Lipinski definition) is 3. The van der Waals surface area contributed by atoms with Crippen molar-refractivity contribution in [2.45, 2.75) is 39.7 Å². The highest BCUT2D eigenvalue weighted by Crippen LogP contribution is 2.16. The molecule has 0 saturated heterocycles. The van der Waals surface area contributed by atoms with Crippen molar-refractivity contribution in [1.82, 2.24) is 10.3 Å². The van der Waals surface area contributed by atoms with Crippen LogP contribution >= 0.6 is 0 Å². The average Bonchev–Trinajstić information content (AvgIpc) is 2.55. The van der Waals surface area contributed by atoms with Gasteiger partial charge in [-0.2, -0.15) is 5.26 Å². The predicted molar refractivity (Wildman–Crippen MR) is 92.6 cm³/mol. The number of nitrogens with zero attached hydrogens (tertiary/aromatic N) is 1. The Bertz CT molecular complexity index is 832. The summed E-state index contributed by atoms with van der Waals surface area (Å²) in [4.78, 5) is 26.6. The van der Waals surface area contributed by atoms with Crippen LogP contribution in [0.15, 0.2) is 35.1 Å². The quantitative estimate of drug-likeness (QED) is 0.887. The topological polar surface area (TPSA) is 85.8 Å². The van der Waals surface area contributed by atoms with Gasteiger partial charge in [-0.25, -0.2) is 0 Å². The zero-order valence-electron chi connectivity index (χ0n) is 14.1. The van der Waals surface area contributed by atoms with Crippen LogP contribution in [0.4, 0.5) is 0 Å². The molecule has 24 heavy (non-hydrogen) atoms. The molecule has 5 nitrogen and oxygen atoms in total. The highest BCUT2D eigenvalue weighted by atomic mass is 16.1. The summed E-state index contributed by atoms with van der Waals surface area (Å²) >= 11 is 0. The molecule has 124 valence electrons. The molecule has 2 rings (SSSR count). The molecule has 0 aliphatic carbocycles. The second-order valence-corrected chi connectivity index (χ2v) is 5.87. The Morgan fingerprint density at radius 1 is 1.29 bits per heavy atom. The van der Waals surface area contributed by atoms with Gasteiger partial charge in [-0.1, -0.05) is 30.3 Å². The number of carbonyl (C=O) groups is 1. The van der Waals surface area contributed by atoms with Crippen LogP contribution in [-0.2, 0) is 11.2 Å². The summed E-state index contributed by atoms with van der Waals surface area (Å²) in [6.45, 7) is 5.48. The number of aromatic amines is 1. The monoisotopic (exact) mass is 323 g/mol. The maximum absolute atomic E-state index is 12.2. The van der Waals surface area contributed by atoms with E-state index in [4.69, 9.17) is 5.26 Å². The molecule has 0 aliphatic heterocycles. The number of nitrogens with one attached hydrogen (secondary N) is 2. The molecule has 5 heteroatoms. The molecule has 1 atom stereocenters. The highest BCUT2D eigenvalue weighted by Gasteiger charge is 2.14. The molecule has 2 aromatic rings. The van der Waals surface area contributed by atoms with E-state index in [1.165, 1.54) is 0 Å². The normalized spacial score (nSPS) is 11.6. The number of carbonyl (C=O) groups excluding carboxylic acids is 1. The summed E-state index contributed by atoms with van der Waals surface area (Å²) in [5.74, 6) is -0.0603. The van der Waals surface area contributed by atoms with Gasteiger partial charge in [-0.15, -0.1) is 0 Å². The van der Waals surface area contributed by atoms with Gasteiger partial charge < -0.3 is 10.3 Å². The lowest BCUT2D eigenvalue weighted by molar-refractivity contribution is -0.121. The van der Waals surface area contributed by atoms with E-state index < -0.39 is 0 Å². The first-order valence-corrected chi connectivity index (χ1v) is 7.90. The Hall–Kier alpha value is -2.87. The number of nitriles is 1. The molecule has 0 spiro atoms. The SMILES string of the molecule is Cc1[nH]c(=O)c(C#N)c(C)c1CCC(=O)N[C@H](C)c1ccccc1. The molecule has 1 aromatic carbocycles. The van der Waals surface area contributed by atoms with Gasteiger partial charge in [0.25, 0.3) is 5.56 Å². The standard InChI is InChI=1S/C19H21N3O2/c1-12-16(14(3)22-19(24)17(12)11-20)9-10-18(23)21-13(2)15-7-5-4-6-8-15/h4-8,13H,9-10H2,1-3H3,(H,21,23)(H,22,24)/t13-/m1/s1. The van der Waals surface area contributed by atoms with Gasteiger partial charge in [0, 0.05) is 12.1 Å². The molecule has 1 aromatic heterocycles. The first-order valence-electron chi connectivity index (χ1n) is 7.90. The minimum absolute atomic E-state index is 0.0603. The van der Waals surface area contributed by atoms with Crippen LogP contribution in [0.3, 0.4) is 0 Å². The summed E-state index contributed by atoms with van der Waals surface area (Å²) < 4.78 is 0. The fourth-order valence-electron chi connectivity index (χ4n) is 2.80. The summed E-state index contributed by atoms with van der Waals surface area (Å²) in [5.41, 5.74) is 3.01. The smallest absolute Gasteiger partial charge is 0.266 e. The van der Waals surface area contributed by atoms with Crippen molar-refractivity contribution in [1.29, 1.82) is 5.26 Å². The van der Waals surface area contributed by atoms with Gasteiger partial charge in [0.2, 0.25) is 5.91 Å². The third-order valence-corrected chi connectivity index (χ3v) is 4.20. The molecule has 2 N–H and O–H groups in total. The van der Waals surface area contributed by atoms with Crippen LogP contribution < -0.4 is 10.9 Å². The van der Waals surface area contributed by atoms with E-state index in [0.717, 1.165) is 11.1 Å². The molecule has 0 bridgehead atoms. The Morgan fingerprint density at radius 2 is 1.96 bits per heavy atom. The van der Waals surface area contributed by atoms with Crippen molar-refractivity contribution in [3.05, 3.63) is 68.6 Å². The molecular formula is C19H21N3O2. The zero-order valence-corrected chi connectivity index (χ0v) is 14.1. The molecule has 0 aliphatic rings. The van der Waals surface area contributed by atoms with E-state index in [2.05, 4.69) is 10.3 Å². The van der Waals surface area contributed by atoms with Crippen molar-refractivity contribution in [2.24, 2.45) is 0 Å². The molecular weight excluding hydrogens is 302 g/mol. The molecule has 0 radical (unpaired) electrons. The third kappa shape index (κ3) is 3.90. The molecule has 0 saturated carbocycles. The number of amides is 1. The van der Waals surface area contributed by atoms with Gasteiger partial charge in [0.1, 0.15) is 11.6 Å². The van der Waals surface area contributed by atoms with Gasteiger partial charge in [0.05, 0.1) is 6.04 Å². The number of rotatable bonds is 5. The first kappa shape index (κ1) is 17.5. The van der Waals surface area contributed by atoms with E-state index in [0.29, 0.717) is 24.1 Å². The van der Waals surface area contributed by atoms with Crippen molar-refractivity contribution < 1.29 is 4.79 Å². The first-order chi connectivity index (χ1) is 11.4. The van der Waals surface area contributed by atoms with Gasteiger partial charge in [-0.05, 0) is 43.9 Å². The molecule has 0 unspecified atom stereocenters. The average molecular weight is 323 g/mol. The predicted octanol–water partition coefficient (Wildman–Crippen LogP) is 2.67. The van der Waals surface area contributed by atoms with Crippen molar-refractivity contribution >= 4 is 5.91 Å². The number of hydrogen-bond donors (Lipinski definition) is 2. The Balaban J connectivity index is 2.05. The summed E-state index contributed by atoms with van der Waals surface area (Å²) in [5, 5.41) is 12.1. The van der Waals surface area contributed by atoms with E-state index in [-0.39, 0.29) is 23.1 Å². The van der Waals surface area contributed by atoms with Gasteiger partial charge in [-0.3, -0.25) is 9.59 Å². The fraction of sp³-hybridized carbons (Fsp3) is 0.316. The van der Waals surface area contributed by atoms with Crippen LogP contribution in [0, 0.1) is 25.2 Å². The zero-order chi connectivity index (χ0) is 17.7. The lowest BCUT2D eigenvalue weighted by Gasteiger charge is -2.15. The second kappa shape index (κ2) is 7.60. The van der Waals surface area contributed by atoms with E-state index in [1.54, 1.807) is 13.8 Å². The van der Waals surface area contributed by atoms with Gasteiger partial charge >= 0.3 is 0 Å². The summed E-state index contributed by atoms with van der Waals surface area (Å²) in [6, 6.07) is 11.6. The van der Waals surface area contributed by atoms with Crippen molar-refractivity contribution in [2.75, 3.05) is 0 Å². The van der Waals surface area contributed by atoms with Crippen LogP contribution in [0.25, 0.3) is 0 Å². The minimum atomic E-state index is -0.376. The van der Waals surface area contributed by atoms with E-state index >= 15 is 0 Å². The Kier molecular flexibility index (Phi) is 5.54. The number of aromatic nitrogens is 1. The largest absolute Gasteiger partial charge is 0.350 e. The highest BCUT2D eigenvalue weighted by molar-refractivity contribution is 5.76. The van der Waals surface area contributed by atoms with Gasteiger partial charge in [0.15, 0.2) is 0 Å². The van der Waals surface area contributed by atoms with Crippen LogP contribution in [0.2, 0.25) is 0 Å². The third-order valence-electron chi connectivity index (χ3n) is 4.20. The van der Waals surface area contributed by atoms with Crippen LogP contribution in [0.5, 0.6) is 0 Å². The maximum Gasteiger partial charge on any atom is 0.266 e. The maximum atomic E-state index is 12.2. The van der Waals surface area contributed by atoms with E-state index in [9.17, 15) is 9.59 Å². The lowest BCUT2D eigenvalue weighted by Crippen LogP contribution is -2.27.